The molecule has 1 atom stereocenters. The monoisotopic (exact) mass is 664 g/mol. The van der Waals surface area contributed by atoms with Crippen LogP contribution in [0.25, 0.3) is 5.57 Å². The molecule has 2 aliphatic heterocycles. The zero-order valence-electron chi connectivity index (χ0n) is 29.0. The highest BCUT2D eigenvalue weighted by atomic mass is 35.5. The van der Waals surface area contributed by atoms with Crippen LogP contribution in [0.4, 0.5) is 10.5 Å². The first kappa shape index (κ1) is 35.2. The van der Waals surface area contributed by atoms with E-state index in [2.05, 4.69) is 33.8 Å². The molecule has 9 heteroatoms. The van der Waals surface area contributed by atoms with Gasteiger partial charge in [-0.25, -0.2) is 9.59 Å². The highest BCUT2D eigenvalue weighted by molar-refractivity contribution is 6.30. The van der Waals surface area contributed by atoms with Crippen molar-refractivity contribution in [1.82, 2.24) is 14.7 Å². The topological polar surface area (TPSA) is 65.6 Å². The van der Waals surface area contributed by atoms with Crippen molar-refractivity contribution >= 4 is 34.9 Å². The van der Waals surface area contributed by atoms with Crippen LogP contribution in [0.2, 0.25) is 5.02 Å². The third-order valence-electron chi connectivity index (χ3n) is 9.61. The second kappa shape index (κ2) is 15.4. The Labute approximate surface area is 286 Å². The van der Waals surface area contributed by atoms with E-state index in [9.17, 15) is 9.59 Å². The van der Waals surface area contributed by atoms with Crippen molar-refractivity contribution < 1.29 is 19.1 Å². The number of hydrogen-bond donors (Lipinski definition) is 0. The van der Waals surface area contributed by atoms with E-state index >= 15 is 0 Å². The van der Waals surface area contributed by atoms with Crippen LogP contribution in [-0.4, -0.2) is 104 Å². The first-order valence-electron chi connectivity index (χ1n) is 17.3. The van der Waals surface area contributed by atoms with Gasteiger partial charge in [0.1, 0.15) is 5.60 Å². The minimum Gasteiger partial charge on any atom is -0.462 e. The molecular formula is C38H53ClN4O4. The van der Waals surface area contributed by atoms with Crippen molar-refractivity contribution in [2.75, 3.05) is 77.0 Å². The van der Waals surface area contributed by atoms with E-state index < -0.39 is 5.60 Å². The van der Waals surface area contributed by atoms with Crippen LogP contribution in [0.15, 0.2) is 54.1 Å². The summed E-state index contributed by atoms with van der Waals surface area (Å²) in [6, 6.07) is 16.2. The van der Waals surface area contributed by atoms with Gasteiger partial charge in [0.25, 0.3) is 0 Å². The smallest absolute Gasteiger partial charge is 0.410 e. The molecule has 0 N–H and O–H groups in total. The van der Waals surface area contributed by atoms with E-state index in [4.69, 9.17) is 21.1 Å². The number of piperazine rings is 1. The number of allylic oxidation sites excluding steroid dienone is 1. The Kier molecular flexibility index (Phi) is 11.6. The first-order chi connectivity index (χ1) is 22.4. The number of anilines is 1. The second-order valence-electron chi connectivity index (χ2n) is 14.7. The normalized spacial score (nSPS) is 21.8. The molecule has 1 unspecified atom stereocenters. The maximum Gasteiger partial charge on any atom is 0.410 e. The van der Waals surface area contributed by atoms with Crippen molar-refractivity contribution in [2.24, 2.45) is 5.41 Å². The molecule has 256 valence electrons. The number of amides is 1. The molecule has 0 aromatic heterocycles. The summed E-state index contributed by atoms with van der Waals surface area (Å²) in [5.41, 5.74) is 5.72. The second-order valence-corrected chi connectivity index (χ2v) is 15.1. The van der Waals surface area contributed by atoms with Crippen LogP contribution in [0, 0.1) is 5.41 Å². The fraction of sp³-hybridized carbons (Fsp3) is 0.579. The van der Waals surface area contributed by atoms with Gasteiger partial charge in [-0.3, -0.25) is 4.90 Å². The van der Waals surface area contributed by atoms with E-state index in [1.165, 1.54) is 11.1 Å². The summed E-state index contributed by atoms with van der Waals surface area (Å²) >= 11 is 6.28. The largest absolute Gasteiger partial charge is 0.462 e. The maximum absolute atomic E-state index is 12.8. The van der Waals surface area contributed by atoms with Crippen molar-refractivity contribution in [2.45, 2.75) is 65.9 Å². The SMILES string of the molecule is CCOC(=O)c1ccc(N2CCN(CC3=C(c4ccc(Cl)cc4)CCC(C)(CN4CCCN(C(=O)OC(C)(C)C)CC4)C3)CC2)cc1. The number of carbonyl (C=O) groups excluding carboxylic acids is 2. The number of benzene rings is 2. The summed E-state index contributed by atoms with van der Waals surface area (Å²) in [7, 11) is 0. The van der Waals surface area contributed by atoms with Crippen LogP contribution in [-0.2, 0) is 9.47 Å². The van der Waals surface area contributed by atoms with E-state index in [-0.39, 0.29) is 17.5 Å². The number of rotatable bonds is 8. The fourth-order valence-electron chi connectivity index (χ4n) is 7.23. The summed E-state index contributed by atoms with van der Waals surface area (Å²) in [6.45, 7) is 19.6. The molecule has 8 nitrogen and oxygen atoms in total. The van der Waals surface area contributed by atoms with E-state index in [0.29, 0.717) is 18.7 Å². The summed E-state index contributed by atoms with van der Waals surface area (Å²) in [4.78, 5) is 34.3. The van der Waals surface area contributed by atoms with Crippen molar-refractivity contribution in [1.29, 1.82) is 0 Å². The molecule has 2 heterocycles. The van der Waals surface area contributed by atoms with E-state index in [1.807, 2.05) is 69.0 Å². The van der Waals surface area contributed by atoms with Gasteiger partial charge in [0, 0.05) is 69.6 Å². The Bertz CT molecular complexity index is 1400. The molecule has 3 aliphatic rings. The average molecular weight is 665 g/mol. The molecule has 0 bridgehead atoms. The molecule has 2 aromatic rings. The Morgan fingerprint density at radius 3 is 2.21 bits per heavy atom. The first-order valence-corrected chi connectivity index (χ1v) is 17.7. The lowest BCUT2D eigenvalue weighted by molar-refractivity contribution is 0.0255. The van der Waals surface area contributed by atoms with E-state index in [0.717, 1.165) is 95.3 Å². The van der Waals surface area contributed by atoms with Crippen LogP contribution in [0.1, 0.15) is 76.2 Å². The molecule has 47 heavy (non-hydrogen) atoms. The Hall–Kier alpha value is -3.07. The lowest BCUT2D eigenvalue weighted by Crippen LogP contribution is -2.47. The summed E-state index contributed by atoms with van der Waals surface area (Å²) < 4.78 is 10.8. The van der Waals surface area contributed by atoms with Gasteiger partial charge in [-0.1, -0.05) is 36.2 Å². The van der Waals surface area contributed by atoms with Crippen molar-refractivity contribution in [3.8, 4) is 0 Å². The minimum absolute atomic E-state index is 0.162. The highest BCUT2D eigenvalue weighted by Gasteiger charge is 2.35. The van der Waals surface area contributed by atoms with Crippen LogP contribution in [0.3, 0.4) is 0 Å². The molecule has 1 aliphatic carbocycles. The van der Waals surface area contributed by atoms with Gasteiger partial charge in [0.15, 0.2) is 0 Å². The highest BCUT2D eigenvalue weighted by Crippen LogP contribution is 2.44. The predicted octanol–water partition coefficient (Wildman–Crippen LogP) is 7.23. The number of halogens is 1. The number of nitrogens with zero attached hydrogens (tertiary/aromatic N) is 4. The molecule has 2 fully saturated rings. The molecule has 1 amide bonds. The molecule has 2 aromatic carbocycles. The standard InChI is InChI=1S/C38H53ClN4O4/c1-6-46-35(44)30-10-14-33(15-11-30)42-23-20-40(21-24-42)27-31-26-38(5,17-16-34(31)29-8-12-32(39)13-9-29)28-41-18-7-19-43(25-22-41)36(45)47-37(2,3)4/h8-15H,6-7,16-28H2,1-5H3. The van der Waals surface area contributed by atoms with Crippen molar-refractivity contribution in [3.63, 3.8) is 0 Å². The number of esters is 1. The van der Waals surface area contributed by atoms with Gasteiger partial charge in [0.2, 0.25) is 0 Å². The Balaban J connectivity index is 1.23. The van der Waals surface area contributed by atoms with Crippen LogP contribution >= 0.6 is 11.6 Å². The summed E-state index contributed by atoms with van der Waals surface area (Å²) in [5.74, 6) is -0.272. The maximum atomic E-state index is 12.8. The van der Waals surface area contributed by atoms with Crippen molar-refractivity contribution in [3.05, 3.63) is 70.3 Å². The van der Waals surface area contributed by atoms with Gasteiger partial charge in [-0.2, -0.15) is 0 Å². The molecule has 2 saturated heterocycles. The van der Waals surface area contributed by atoms with Crippen LogP contribution < -0.4 is 4.90 Å². The summed E-state index contributed by atoms with van der Waals surface area (Å²) in [5, 5.41) is 0.768. The quantitative estimate of drug-likeness (QED) is 0.276. The number of hydrogen-bond acceptors (Lipinski definition) is 7. The van der Waals surface area contributed by atoms with Gasteiger partial charge >= 0.3 is 12.1 Å². The lowest BCUT2D eigenvalue weighted by atomic mass is 9.71. The average Bonchev–Trinajstić information content (AvgIpc) is 3.27. The Morgan fingerprint density at radius 1 is 0.872 bits per heavy atom. The predicted molar refractivity (Wildman–Crippen MR) is 190 cm³/mol. The van der Waals surface area contributed by atoms with Gasteiger partial charge < -0.3 is 24.2 Å². The molecule has 5 rings (SSSR count). The van der Waals surface area contributed by atoms with Crippen LogP contribution in [0.5, 0.6) is 0 Å². The number of carbonyl (C=O) groups is 2. The Morgan fingerprint density at radius 2 is 1.55 bits per heavy atom. The third-order valence-corrected chi connectivity index (χ3v) is 9.87. The molecule has 0 radical (unpaired) electrons. The molecule has 0 saturated carbocycles. The number of ether oxygens (including phenoxy) is 2. The third kappa shape index (κ3) is 9.74. The summed E-state index contributed by atoms with van der Waals surface area (Å²) in [6.07, 6.45) is 4.01. The zero-order valence-corrected chi connectivity index (χ0v) is 29.8. The lowest BCUT2D eigenvalue weighted by Gasteiger charge is -2.42. The van der Waals surface area contributed by atoms with E-state index in [1.54, 1.807) is 5.57 Å². The fourth-order valence-corrected chi connectivity index (χ4v) is 7.36. The minimum atomic E-state index is -0.479. The van der Waals surface area contributed by atoms with Gasteiger partial charge in [-0.05, 0) is 113 Å². The van der Waals surface area contributed by atoms with Gasteiger partial charge in [-0.15, -0.1) is 0 Å². The van der Waals surface area contributed by atoms with Gasteiger partial charge in [0.05, 0.1) is 12.2 Å². The molecule has 0 spiro atoms. The zero-order chi connectivity index (χ0) is 33.6. The molecular weight excluding hydrogens is 612 g/mol.